The van der Waals surface area contributed by atoms with E-state index < -0.39 is 26.1 Å². The molecule has 0 saturated carbocycles. The molecule has 0 aliphatic heterocycles. The second-order valence-corrected chi connectivity index (χ2v) is 7.89. The van der Waals surface area contributed by atoms with Crippen molar-refractivity contribution in [2.24, 2.45) is 0 Å². The van der Waals surface area contributed by atoms with Crippen molar-refractivity contribution in [2.75, 3.05) is 5.32 Å². The number of sulfone groups is 1. The number of fused-ring (bicyclic) bond motifs is 1. The molecular formula is C15H9F3N2O3S2. The van der Waals surface area contributed by atoms with Gasteiger partial charge in [0.05, 0.1) is 15.1 Å². The number of hydrogen-bond acceptors (Lipinski definition) is 5. The predicted octanol–water partition coefficient (Wildman–Crippen LogP) is 3.84. The smallest absolute Gasteiger partial charge is 0.298 e. The number of para-hydroxylation sites is 1. The van der Waals surface area contributed by atoms with Crippen LogP contribution in [0.3, 0.4) is 0 Å². The second-order valence-electron chi connectivity index (χ2n) is 4.91. The molecule has 130 valence electrons. The topological polar surface area (TPSA) is 76.1 Å². The molecule has 0 aliphatic rings. The standard InChI is InChI=1S/C15H9F3N2O3S2/c16-15(17,18)25(22,23)10-7-5-9(6-8-10)13(21)20-14-19-11-3-1-2-4-12(11)24-14/h1-8H,(H,19,20,21). The van der Waals surface area contributed by atoms with Crippen LogP contribution in [-0.2, 0) is 9.84 Å². The Kier molecular flexibility index (Phi) is 4.25. The summed E-state index contributed by atoms with van der Waals surface area (Å²) >= 11 is 1.24. The summed E-state index contributed by atoms with van der Waals surface area (Å²) in [4.78, 5) is 15.4. The summed E-state index contributed by atoms with van der Waals surface area (Å²) < 4.78 is 60.9. The van der Waals surface area contributed by atoms with E-state index in [1.807, 2.05) is 12.1 Å². The van der Waals surface area contributed by atoms with Gasteiger partial charge in [-0.2, -0.15) is 13.2 Å². The molecule has 10 heteroatoms. The third-order valence-electron chi connectivity index (χ3n) is 3.25. The number of nitrogens with one attached hydrogen (secondary N) is 1. The van der Waals surface area contributed by atoms with Crippen LogP contribution in [0.2, 0.25) is 0 Å². The molecule has 25 heavy (non-hydrogen) atoms. The average Bonchev–Trinajstić information content (AvgIpc) is 2.96. The van der Waals surface area contributed by atoms with E-state index in [0.29, 0.717) is 10.6 Å². The molecule has 0 spiro atoms. The van der Waals surface area contributed by atoms with Crippen molar-refractivity contribution in [3.8, 4) is 0 Å². The Bertz CT molecular complexity index is 1010. The molecule has 3 aromatic rings. The molecule has 5 nitrogen and oxygen atoms in total. The van der Waals surface area contributed by atoms with E-state index in [1.165, 1.54) is 11.3 Å². The van der Waals surface area contributed by atoms with Gasteiger partial charge in [-0.15, -0.1) is 0 Å². The van der Waals surface area contributed by atoms with E-state index in [4.69, 9.17) is 0 Å². The lowest BCUT2D eigenvalue weighted by molar-refractivity contribution is -0.0436. The fourth-order valence-electron chi connectivity index (χ4n) is 2.01. The zero-order valence-corrected chi connectivity index (χ0v) is 13.9. The van der Waals surface area contributed by atoms with Crippen molar-refractivity contribution in [2.45, 2.75) is 10.4 Å². The van der Waals surface area contributed by atoms with Crippen LogP contribution in [0.15, 0.2) is 53.4 Å². The maximum Gasteiger partial charge on any atom is 0.501 e. The van der Waals surface area contributed by atoms with Gasteiger partial charge in [-0.1, -0.05) is 23.5 Å². The van der Waals surface area contributed by atoms with Gasteiger partial charge in [0.1, 0.15) is 0 Å². The molecule has 0 fully saturated rings. The quantitative estimate of drug-likeness (QED) is 0.742. The van der Waals surface area contributed by atoms with Gasteiger partial charge in [-0.25, -0.2) is 13.4 Å². The van der Waals surface area contributed by atoms with E-state index in [-0.39, 0.29) is 5.56 Å². The second kappa shape index (κ2) is 6.12. The minimum atomic E-state index is -5.44. The molecule has 0 radical (unpaired) electrons. The highest BCUT2D eigenvalue weighted by atomic mass is 32.2. The maximum atomic E-state index is 12.5. The first-order valence-corrected chi connectivity index (χ1v) is 9.07. The number of benzene rings is 2. The van der Waals surface area contributed by atoms with Crippen LogP contribution in [0.1, 0.15) is 10.4 Å². The summed E-state index contributed by atoms with van der Waals surface area (Å²) in [5.41, 5.74) is -4.67. The van der Waals surface area contributed by atoms with Gasteiger partial charge < -0.3 is 0 Å². The fraction of sp³-hybridized carbons (Fsp3) is 0.0667. The Morgan fingerprint density at radius 3 is 2.28 bits per heavy atom. The number of rotatable bonds is 3. The van der Waals surface area contributed by atoms with Crippen LogP contribution in [0.5, 0.6) is 0 Å². The van der Waals surface area contributed by atoms with Gasteiger partial charge >= 0.3 is 5.51 Å². The third-order valence-corrected chi connectivity index (χ3v) is 5.70. The molecule has 3 rings (SSSR count). The van der Waals surface area contributed by atoms with Crippen LogP contribution in [0, 0.1) is 0 Å². The minimum Gasteiger partial charge on any atom is -0.298 e. The monoisotopic (exact) mass is 386 g/mol. The summed E-state index contributed by atoms with van der Waals surface area (Å²) in [5.74, 6) is -0.602. The molecule has 0 saturated heterocycles. The third kappa shape index (κ3) is 3.35. The molecule has 2 aromatic carbocycles. The van der Waals surface area contributed by atoms with Crippen molar-refractivity contribution < 1.29 is 26.4 Å². The highest BCUT2D eigenvalue weighted by Crippen LogP contribution is 2.30. The van der Waals surface area contributed by atoms with Gasteiger partial charge in [-0.3, -0.25) is 10.1 Å². The normalized spacial score (nSPS) is 12.3. The fourth-order valence-corrected chi connectivity index (χ4v) is 3.64. The van der Waals surface area contributed by atoms with Gasteiger partial charge in [-0.05, 0) is 36.4 Å². The molecule has 0 bridgehead atoms. The lowest BCUT2D eigenvalue weighted by atomic mass is 10.2. The Morgan fingerprint density at radius 1 is 1.04 bits per heavy atom. The molecule has 1 heterocycles. The zero-order valence-electron chi connectivity index (χ0n) is 12.2. The van der Waals surface area contributed by atoms with E-state index >= 15 is 0 Å². The highest BCUT2D eigenvalue weighted by Gasteiger charge is 2.46. The number of aromatic nitrogens is 1. The summed E-state index contributed by atoms with van der Waals surface area (Å²) in [5, 5.41) is 2.86. The van der Waals surface area contributed by atoms with E-state index in [0.717, 1.165) is 29.0 Å². The molecule has 0 atom stereocenters. The van der Waals surface area contributed by atoms with Crippen LogP contribution in [0.25, 0.3) is 10.2 Å². The number of hydrogen-bond donors (Lipinski definition) is 1. The molecular weight excluding hydrogens is 377 g/mol. The van der Waals surface area contributed by atoms with E-state index in [1.54, 1.807) is 12.1 Å². The lowest BCUT2D eigenvalue weighted by Gasteiger charge is -2.08. The van der Waals surface area contributed by atoms with Crippen LogP contribution in [-0.4, -0.2) is 24.8 Å². The number of halogens is 3. The molecule has 0 aliphatic carbocycles. The Balaban J connectivity index is 1.81. The van der Waals surface area contributed by atoms with Gasteiger partial charge in [0.2, 0.25) is 0 Å². The maximum absolute atomic E-state index is 12.5. The SMILES string of the molecule is O=C(Nc1nc2ccccc2s1)c1ccc(S(=O)(=O)C(F)(F)F)cc1. The van der Waals surface area contributed by atoms with Gasteiger partial charge in [0.15, 0.2) is 5.13 Å². The van der Waals surface area contributed by atoms with Gasteiger partial charge in [0, 0.05) is 5.56 Å². The number of carbonyl (C=O) groups excluding carboxylic acids is 1. The van der Waals surface area contributed by atoms with Crippen LogP contribution < -0.4 is 5.32 Å². The Morgan fingerprint density at radius 2 is 1.68 bits per heavy atom. The number of nitrogens with zero attached hydrogens (tertiary/aromatic N) is 1. The largest absolute Gasteiger partial charge is 0.501 e. The van der Waals surface area contributed by atoms with Gasteiger partial charge in [0.25, 0.3) is 15.7 Å². The molecule has 0 unspecified atom stereocenters. The Labute approximate surface area is 144 Å². The molecule has 1 amide bonds. The van der Waals surface area contributed by atoms with Crippen LogP contribution in [0.4, 0.5) is 18.3 Å². The summed E-state index contributed by atoms with van der Waals surface area (Å²) in [6.07, 6.45) is 0. The molecule has 1 N–H and O–H groups in total. The first-order valence-electron chi connectivity index (χ1n) is 6.77. The van der Waals surface area contributed by atoms with Crippen molar-refractivity contribution in [1.29, 1.82) is 0 Å². The lowest BCUT2D eigenvalue weighted by Crippen LogP contribution is -2.23. The predicted molar refractivity (Wildman–Crippen MR) is 87.3 cm³/mol. The van der Waals surface area contributed by atoms with Crippen molar-refractivity contribution in [3.05, 3.63) is 54.1 Å². The number of thiazole rings is 1. The summed E-state index contributed by atoms with van der Waals surface area (Å²) in [6.45, 7) is 0. The van der Waals surface area contributed by atoms with E-state index in [9.17, 15) is 26.4 Å². The number of anilines is 1. The summed E-state index contributed by atoms with van der Waals surface area (Å²) in [7, 11) is -5.44. The highest BCUT2D eigenvalue weighted by molar-refractivity contribution is 7.92. The zero-order chi connectivity index (χ0) is 18.2. The van der Waals surface area contributed by atoms with Crippen LogP contribution >= 0.6 is 11.3 Å². The number of alkyl halides is 3. The van der Waals surface area contributed by atoms with E-state index in [2.05, 4.69) is 10.3 Å². The first kappa shape index (κ1) is 17.4. The molecule has 1 aromatic heterocycles. The van der Waals surface area contributed by atoms with Crippen molar-refractivity contribution in [3.63, 3.8) is 0 Å². The number of amides is 1. The Hall–Kier alpha value is -2.46. The minimum absolute atomic E-state index is 0.0142. The first-order chi connectivity index (χ1) is 11.7. The van der Waals surface area contributed by atoms with Crippen molar-refractivity contribution in [1.82, 2.24) is 4.98 Å². The average molecular weight is 386 g/mol. The number of carbonyl (C=O) groups is 1. The summed E-state index contributed by atoms with van der Waals surface area (Å²) in [6, 6.07) is 10.8. The van der Waals surface area contributed by atoms with Crippen molar-refractivity contribution >= 4 is 42.4 Å².